The highest BCUT2D eigenvalue weighted by atomic mass is 32.1. The molecule has 0 radical (unpaired) electrons. The van der Waals surface area contributed by atoms with Crippen molar-refractivity contribution >= 4 is 27.5 Å². The SMILES string of the molecule is C[C@@H](C#N)OC(=O)C1(Cc2nc3ccccc3s2)CCCC1. The van der Waals surface area contributed by atoms with E-state index in [9.17, 15) is 4.79 Å². The molecular formula is C17H18N2O2S. The van der Waals surface area contributed by atoms with Crippen molar-refractivity contribution in [1.29, 1.82) is 5.26 Å². The van der Waals surface area contributed by atoms with Gasteiger partial charge in [-0.3, -0.25) is 4.79 Å². The number of aromatic nitrogens is 1. The predicted octanol–water partition coefficient (Wildman–Crippen LogP) is 3.85. The maximum Gasteiger partial charge on any atom is 0.313 e. The summed E-state index contributed by atoms with van der Waals surface area (Å²) in [6, 6.07) is 9.98. The molecule has 0 N–H and O–H groups in total. The van der Waals surface area contributed by atoms with Gasteiger partial charge in [0.25, 0.3) is 0 Å². The number of hydrogen-bond donors (Lipinski definition) is 0. The quantitative estimate of drug-likeness (QED) is 0.804. The number of esters is 1. The van der Waals surface area contributed by atoms with Crippen LogP contribution in [0.3, 0.4) is 0 Å². The Morgan fingerprint density at radius 3 is 2.86 bits per heavy atom. The molecule has 2 aromatic rings. The number of carbonyl (C=O) groups is 1. The van der Waals surface area contributed by atoms with Crippen molar-refractivity contribution in [2.24, 2.45) is 5.41 Å². The highest BCUT2D eigenvalue weighted by Gasteiger charge is 2.44. The van der Waals surface area contributed by atoms with E-state index in [0.29, 0.717) is 6.42 Å². The first-order valence-electron chi connectivity index (χ1n) is 7.58. The van der Waals surface area contributed by atoms with Gasteiger partial charge < -0.3 is 4.74 Å². The smallest absolute Gasteiger partial charge is 0.313 e. The normalized spacial score (nSPS) is 18.0. The van der Waals surface area contributed by atoms with Crippen LogP contribution in [-0.2, 0) is 16.0 Å². The Hall–Kier alpha value is -1.93. The first-order valence-corrected chi connectivity index (χ1v) is 8.40. The molecule has 5 heteroatoms. The number of benzene rings is 1. The summed E-state index contributed by atoms with van der Waals surface area (Å²) in [6.45, 7) is 1.61. The third-order valence-corrected chi connectivity index (χ3v) is 5.32. The van der Waals surface area contributed by atoms with Crippen LogP contribution in [0.2, 0.25) is 0 Å². The monoisotopic (exact) mass is 314 g/mol. The second-order valence-electron chi connectivity index (χ2n) is 5.92. The van der Waals surface area contributed by atoms with E-state index >= 15 is 0 Å². The minimum atomic E-state index is -0.694. The molecule has 1 atom stereocenters. The molecule has 0 saturated heterocycles. The largest absolute Gasteiger partial charge is 0.447 e. The van der Waals surface area contributed by atoms with Gasteiger partial charge in [0.05, 0.1) is 20.6 Å². The van der Waals surface area contributed by atoms with E-state index in [2.05, 4.69) is 4.98 Å². The van der Waals surface area contributed by atoms with Gasteiger partial charge in [-0.15, -0.1) is 11.3 Å². The number of hydrogen-bond acceptors (Lipinski definition) is 5. The molecule has 0 aliphatic heterocycles. The van der Waals surface area contributed by atoms with Crippen LogP contribution in [0.4, 0.5) is 0 Å². The topological polar surface area (TPSA) is 63.0 Å². The zero-order valence-corrected chi connectivity index (χ0v) is 13.4. The van der Waals surface area contributed by atoms with Crippen molar-refractivity contribution in [1.82, 2.24) is 4.98 Å². The molecule has 1 aliphatic carbocycles. The standard InChI is InChI=1S/C17H18N2O2S/c1-12(11-18)21-16(20)17(8-4-5-9-17)10-15-19-13-6-2-3-7-14(13)22-15/h2-3,6-7,12H,4-5,8-10H2,1H3/t12-/m0/s1. The van der Waals surface area contributed by atoms with Crippen LogP contribution in [0.25, 0.3) is 10.2 Å². The first kappa shape index (κ1) is 15.0. The molecule has 1 aromatic carbocycles. The number of nitrogens with zero attached hydrogens (tertiary/aromatic N) is 2. The van der Waals surface area contributed by atoms with Gasteiger partial charge in [0.15, 0.2) is 6.10 Å². The minimum absolute atomic E-state index is 0.238. The summed E-state index contributed by atoms with van der Waals surface area (Å²) in [5, 5.41) is 9.83. The molecule has 0 unspecified atom stereocenters. The molecule has 1 aromatic heterocycles. The van der Waals surface area contributed by atoms with Crippen molar-refractivity contribution in [2.45, 2.75) is 45.1 Å². The van der Waals surface area contributed by atoms with Crippen molar-refractivity contribution in [3.8, 4) is 6.07 Å². The third kappa shape index (κ3) is 2.84. The molecule has 0 spiro atoms. The summed E-state index contributed by atoms with van der Waals surface area (Å²) in [5.41, 5.74) is 0.480. The van der Waals surface area contributed by atoms with Gasteiger partial charge in [0.1, 0.15) is 6.07 Å². The van der Waals surface area contributed by atoms with E-state index in [1.54, 1.807) is 18.3 Å². The fourth-order valence-electron chi connectivity index (χ4n) is 3.10. The summed E-state index contributed by atoms with van der Waals surface area (Å²) >= 11 is 1.64. The lowest BCUT2D eigenvalue weighted by molar-refractivity contribution is -0.158. The molecule has 1 saturated carbocycles. The average molecular weight is 314 g/mol. The third-order valence-electron chi connectivity index (χ3n) is 4.29. The summed E-state index contributed by atoms with van der Waals surface area (Å²) in [5.74, 6) is -0.238. The van der Waals surface area contributed by atoms with Crippen molar-refractivity contribution < 1.29 is 9.53 Å². The summed E-state index contributed by atoms with van der Waals surface area (Å²) in [6.07, 6.45) is 3.62. The summed E-state index contributed by atoms with van der Waals surface area (Å²) in [4.78, 5) is 17.2. The molecular weight excluding hydrogens is 296 g/mol. The number of rotatable bonds is 4. The van der Waals surface area contributed by atoms with E-state index in [-0.39, 0.29) is 5.97 Å². The van der Waals surface area contributed by atoms with Gasteiger partial charge in [-0.05, 0) is 31.9 Å². The number of ether oxygens (including phenoxy) is 1. The number of carbonyl (C=O) groups excluding carboxylic acids is 1. The Morgan fingerprint density at radius 2 is 2.18 bits per heavy atom. The lowest BCUT2D eigenvalue weighted by Crippen LogP contribution is -2.34. The number of para-hydroxylation sites is 1. The molecule has 0 bridgehead atoms. The Labute approximate surface area is 133 Å². The Kier molecular flexibility index (Phi) is 4.12. The Bertz CT molecular complexity index is 693. The first-order chi connectivity index (χ1) is 10.6. The molecule has 1 heterocycles. The second kappa shape index (κ2) is 6.05. The number of thiazole rings is 1. The summed E-state index contributed by atoms with van der Waals surface area (Å²) in [7, 11) is 0. The van der Waals surface area contributed by atoms with Crippen molar-refractivity contribution in [3.05, 3.63) is 29.3 Å². The second-order valence-corrected chi connectivity index (χ2v) is 7.03. The van der Waals surface area contributed by atoms with E-state index < -0.39 is 11.5 Å². The van der Waals surface area contributed by atoms with Crippen LogP contribution in [0, 0.1) is 16.7 Å². The highest BCUT2D eigenvalue weighted by Crippen LogP contribution is 2.43. The van der Waals surface area contributed by atoms with Crippen LogP contribution in [0.15, 0.2) is 24.3 Å². The maximum atomic E-state index is 12.6. The van der Waals surface area contributed by atoms with Gasteiger partial charge in [-0.2, -0.15) is 5.26 Å². The van der Waals surface area contributed by atoms with Crippen LogP contribution in [0.1, 0.15) is 37.6 Å². The average Bonchev–Trinajstić information content (AvgIpc) is 3.14. The summed E-state index contributed by atoms with van der Waals surface area (Å²) < 4.78 is 6.45. The predicted molar refractivity (Wildman–Crippen MR) is 85.4 cm³/mol. The van der Waals surface area contributed by atoms with Crippen LogP contribution in [0.5, 0.6) is 0 Å². The molecule has 0 amide bonds. The Morgan fingerprint density at radius 1 is 1.45 bits per heavy atom. The molecule has 4 nitrogen and oxygen atoms in total. The van der Waals surface area contributed by atoms with Gasteiger partial charge >= 0.3 is 5.97 Å². The fourth-order valence-corrected chi connectivity index (χ4v) is 4.21. The number of fused-ring (bicyclic) bond motifs is 1. The van der Waals surface area contributed by atoms with E-state index in [1.807, 2.05) is 30.3 Å². The van der Waals surface area contributed by atoms with Crippen LogP contribution < -0.4 is 0 Å². The van der Waals surface area contributed by atoms with Crippen LogP contribution in [-0.4, -0.2) is 17.1 Å². The number of nitriles is 1. The van der Waals surface area contributed by atoms with Crippen molar-refractivity contribution in [3.63, 3.8) is 0 Å². The molecule has 114 valence electrons. The molecule has 3 rings (SSSR count). The minimum Gasteiger partial charge on any atom is -0.447 e. The van der Waals surface area contributed by atoms with E-state index in [1.165, 1.54) is 0 Å². The van der Waals surface area contributed by atoms with Gasteiger partial charge in [0, 0.05) is 6.42 Å². The zero-order chi connectivity index (χ0) is 15.6. The fraction of sp³-hybridized carbons (Fsp3) is 0.471. The van der Waals surface area contributed by atoms with Gasteiger partial charge in [0.2, 0.25) is 0 Å². The Balaban J connectivity index is 1.85. The van der Waals surface area contributed by atoms with E-state index in [4.69, 9.17) is 10.00 Å². The molecule has 22 heavy (non-hydrogen) atoms. The zero-order valence-electron chi connectivity index (χ0n) is 12.5. The highest BCUT2D eigenvalue weighted by molar-refractivity contribution is 7.18. The van der Waals surface area contributed by atoms with Gasteiger partial charge in [-0.25, -0.2) is 4.98 Å². The van der Waals surface area contributed by atoms with E-state index in [0.717, 1.165) is 40.9 Å². The molecule has 1 fully saturated rings. The maximum absolute atomic E-state index is 12.6. The lowest BCUT2D eigenvalue weighted by atomic mass is 9.83. The molecule has 1 aliphatic rings. The van der Waals surface area contributed by atoms with Crippen LogP contribution >= 0.6 is 11.3 Å². The lowest BCUT2D eigenvalue weighted by Gasteiger charge is -2.26. The van der Waals surface area contributed by atoms with Gasteiger partial charge in [-0.1, -0.05) is 25.0 Å². The van der Waals surface area contributed by atoms with Crippen molar-refractivity contribution in [2.75, 3.05) is 0 Å².